The van der Waals surface area contributed by atoms with Crippen LogP contribution in [0.3, 0.4) is 0 Å². The molecule has 0 unspecified atom stereocenters. The molecule has 0 aliphatic heterocycles. The molecule has 1 heterocycles. The van der Waals surface area contributed by atoms with Crippen LogP contribution in [-0.2, 0) is 24.2 Å². The number of aromatic nitrogens is 2. The molecule has 0 saturated carbocycles. The summed E-state index contributed by atoms with van der Waals surface area (Å²) < 4.78 is 2.01. The molecule has 1 amide bonds. The molecule has 0 saturated heterocycles. The van der Waals surface area contributed by atoms with Gasteiger partial charge < -0.3 is 9.88 Å². The molecule has 0 atom stereocenters. The Bertz CT molecular complexity index is 484. The van der Waals surface area contributed by atoms with Crippen LogP contribution in [0.2, 0.25) is 0 Å². The van der Waals surface area contributed by atoms with Crippen LogP contribution in [0.4, 0.5) is 0 Å². The summed E-state index contributed by atoms with van der Waals surface area (Å²) in [5, 5.41) is 11.2. The Balaban J connectivity index is 2.03. The molecule has 2 rings (SSSR count). The number of hydrogen-bond acceptors (Lipinski definition) is 3. The smallest absolute Gasteiger partial charge is 0.240 e. The number of carbonyl (C=O) groups excluding carboxylic acids is 1. The molecule has 1 N–H and O–H groups in total. The van der Waals surface area contributed by atoms with E-state index in [1.807, 2.05) is 17.6 Å². The summed E-state index contributed by atoms with van der Waals surface area (Å²) in [5.41, 5.74) is 2.37. The Hall–Kier alpha value is -1.83. The largest absolute Gasteiger partial charge is 0.354 e. The fourth-order valence-electron chi connectivity index (χ4n) is 2.40. The van der Waals surface area contributed by atoms with Crippen LogP contribution < -0.4 is 5.32 Å². The van der Waals surface area contributed by atoms with Crippen molar-refractivity contribution in [2.45, 2.75) is 45.6 Å². The normalized spacial score (nSPS) is 13.8. The first-order valence-electron chi connectivity index (χ1n) is 6.41. The molecule has 0 bridgehead atoms. The van der Waals surface area contributed by atoms with Gasteiger partial charge in [0.15, 0.2) is 0 Å². The second-order valence-electron chi connectivity index (χ2n) is 4.60. The third kappa shape index (κ3) is 2.70. The van der Waals surface area contributed by atoms with E-state index in [4.69, 9.17) is 5.26 Å². The van der Waals surface area contributed by atoms with Gasteiger partial charge in [-0.1, -0.05) is 0 Å². The van der Waals surface area contributed by atoms with Crippen molar-refractivity contribution in [1.82, 2.24) is 14.9 Å². The lowest BCUT2D eigenvalue weighted by Crippen LogP contribution is -2.29. The minimum absolute atomic E-state index is 0.0425. The number of nitrogens with zero attached hydrogens (tertiary/aromatic N) is 3. The average molecular weight is 246 g/mol. The molecule has 18 heavy (non-hydrogen) atoms. The highest BCUT2D eigenvalue weighted by Gasteiger charge is 2.19. The first kappa shape index (κ1) is 12.6. The summed E-state index contributed by atoms with van der Waals surface area (Å²) in [6.45, 7) is 2.69. The lowest BCUT2D eigenvalue weighted by Gasteiger charge is -2.14. The zero-order chi connectivity index (χ0) is 13.0. The third-order valence-corrected chi connectivity index (χ3v) is 3.28. The number of nitriles is 1. The Morgan fingerprint density at radius 1 is 1.50 bits per heavy atom. The first-order chi connectivity index (χ1) is 8.72. The highest BCUT2D eigenvalue weighted by Crippen LogP contribution is 2.21. The standard InChI is InChI=1S/C13H18N4O/c1-10-16-11-5-2-3-6-12(11)17(10)9-13(18)15-8-4-7-14/h2-6,8-9H2,1H3,(H,15,18). The summed E-state index contributed by atoms with van der Waals surface area (Å²) in [4.78, 5) is 16.3. The van der Waals surface area contributed by atoms with Gasteiger partial charge in [-0.25, -0.2) is 4.98 Å². The van der Waals surface area contributed by atoms with Crippen molar-refractivity contribution in [2.75, 3.05) is 6.54 Å². The Labute approximate surface area is 107 Å². The predicted molar refractivity (Wildman–Crippen MR) is 66.8 cm³/mol. The maximum atomic E-state index is 11.8. The lowest BCUT2D eigenvalue weighted by molar-refractivity contribution is -0.121. The van der Waals surface area contributed by atoms with E-state index < -0.39 is 0 Å². The van der Waals surface area contributed by atoms with Gasteiger partial charge in [0, 0.05) is 12.2 Å². The van der Waals surface area contributed by atoms with Gasteiger partial charge in [-0.05, 0) is 32.6 Å². The van der Waals surface area contributed by atoms with E-state index in [1.54, 1.807) is 0 Å². The third-order valence-electron chi connectivity index (χ3n) is 3.28. The summed E-state index contributed by atoms with van der Waals surface area (Å²) in [7, 11) is 0. The minimum Gasteiger partial charge on any atom is -0.354 e. The van der Waals surface area contributed by atoms with Crippen LogP contribution >= 0.6 is 0 Å². The Morgan fingerprint density at radius 3 is 3.06 bits per heavy atom. The van der Waals surface area contributed by atoms with Gasteiger partial charge in [0.25, 0.3) is 0 Å². The monoisotopic (exact) mass is 246 g/mol. The lowest BCUT2D eigenvalue weighted by atomic mass is 10.0. The molecule has 0 aromatic carbocycles. The summed E-state index contributed by atoms with van der Waals surface area (Å²) in [6, 6.07) is 2.01. The van der Waals surface area contributed by atoms with E-state index in [0.717, 1.165) is 24.4 Å². The summed E-state index contributed by atoms with van der Waals surface area (Å²) >= 11 is 0. The number of imidazole rings is 1. The van der Waals surface area contributed by atoms with Crippen molar-refractivity contribution in [3.8, 4) is 6.07 Å². The zero-order valence-electron chi connectivity index (χ0n) is 10.7. The highest BCUT2D eigenvalue weighted by molar-refractivity contribution is 5.75. The van der Waals surface area contributed by atoms with Gasteiger partial charge in [0.05, 0.1) is 18.2 Å². The second kappa shape index (κ2) is 5.67. The number of amides is 1. The van der Waals surface area contributed by atoms with Gasteiger partial charge in [0.1, 0.15) is 12.4 Å². The predicted octanol–water partition coefficient (Wildman–Crippen LogP) is 1.10. The van der Waals surface area contributed by atoms with Gasteiger partial charge in [-0.2, -0.15) is 5.26 Å². The topological polar surface area (TPSA) is 70.7 Å². The van der Waals surface area contributed by atoms with E-state index >= 15 is 0 Å². The molecule has 0 spiro atoms. The number of hydrogen-bond donors (Lipinski definition) is 1. The van der Waals surface area contributed by atoms with E-state index in [2.05, 4.69) is 10.3 Å². The van der Waals surface area contributed by atoms with E-state index in [1.165, 1.54) is 18.5 Å². The first-order valence-corrected chi connectivity index (χ1v) is 6.41. The van der Waals surface area contributed by atoms with E-state index in [0.29, 0.717) is 19.5 Å². The molecule has 96 valence electrons. The molecular weight excluding hydrogens is 228 g/mol. The minimum atomic E-state index is -0.0425. The van der Waals surface area contributed by atoms with Crippen molar-refractivity contribution in [3.05, 3.63) is 17.2 Å². The maximum absolute atomic E-state index is 11.8. The van der Waals surface area contributed by atoms with Gasteiger partial charge in [-0.15, -0.1) is 0 Å². The quantitative estimate of drug-likeness (QED) is 0.809. The van der Waals surface area contributed by atoms with Gasteiger partial charge in [0.2, 0.25) is 5.91 Å². The van der Waals surface area contributed by atoms with Crippen molar-refractivity contribution in [1.29, 1.82) is 5.26 Å². The van der Waals surface area contributed by atoms with E-state index in [-0.39, 0.29) is 5.91 Å². The molecule has 5 heteroatoms. The Morgan fingerprint density at radius 2 is 2.28 bits per heavy atom. The molecule has 1 aliphatic carbocycles. The van der Waals surface area contributed by atoms with Crippen molar-refractivity contribution in [2.24, 2.45) is 0 Å². The van der Waals surface area contributed by atoms with Crippen molar-refractivity contribution >= 4 is 5.91 Å². The van der Waals surface area contributed by atoms with Crippen LogP contribution in [0.1, 0.15) is 36.5 Å². The number of rotatable bonds is 4. The maximum Gasteiger partial charge on any atom is 0.240 e. The van der Waals surface area contributed by atoms with Crippen LogP contribution in [0, 0.1) is 18.3 Å². The molecular formula is C13H18N4O. The Kier molecular flexibility index (Phi) is 3.98. The van der Waals surface area contributed by atoms with E-state index in [9.17, 15) is 4.79 Å². The average Bonchev–Trinajstić information content (AvgIpc) is 2.67. The summed E-state index contributed by atoms with van der Waals surface area (Å²) in [6.07, 6.45) is 4.76. The SMILES string of the molecule is Cc1nc2c(n1CC(=O)NCCC#N)CCCC2. The van der Waals surface area contributed by atoms with Crippen LogP contribution in [0.25, 0.3) is 0 Å². The zero-order valence-corrected chi connectivity index (χ0v) is 10.7. The number of carbonyl (C=O) groups is 1. The molecule has 5 nitrogen and oxygen atoms in total. The molecule has 0 radical (unpaired) electrons. The number of nitrogens with one attached hydrogen (secondary N) is 1. The van der Waals surface area contributed by atoms with Crippen LogP contribution in [-0.4, -0.2) is 22.0 Å². The van der Waals surface area contributed by atoms with Crippen LogP contribution in [0.5, 0.6) is 0 Å². The molecule has 1 aliphatic rings. The molecule has 1 aromatic rings. The highest BCUT2D eigenvalue weighted by atomic mass is 16.1. The van der Waals surface area contributed by atoms with Gasteiger partial charge in [-0.3, -0.25) is 4.79 Å². The fourth-order valence-corrected chi connectivity index (χ4v) is 2.40. The van der Waals surface area contributed by atoms with Crippen LogP contribution in [0.15, 0.2) is 0 Å². The number of fused-ring (bicyclic) bond motifs is 1. The fraction of sp³-hybridized carbons (Fsp3) is 0.615. The molecule has 1 aromatic heterocycles. The van der Waals surface area contributed by atoms with Gasteiger partial charge >= 0.3 is 0 Å². The second-order valence-corrected chi connectivity index (χ2v) is 4.60. The summed E-state index contributed by atoms with van der Waals surface area (Å²) in [5.74, 6) is 0.872. The van der Waals surface area contributed by atoms with Crippen molar-refractivity contribution < 1.29 is 4.79 Å². The molecule has 0 fully saturated rings. The van der Waals surface area contributed by atoms with Crippen molar-refractivity contribution in [3.63, 3.8) is 0 Å². The number of aryl methyl sites for hydroxylation is 2.